The number of ketones is 3. The van der Waals surface area contributed by atoms with Gasteiger partial charge in [0.2, 0.25) is 0 Å². The van der Waals surface area contributed by atoms with Gasteiger partial charge in [-0.25, -0.2) is 0 Å². The second kappa shape index (κ2) is 17.2. The molecule has 0 aliphatic rings. The maximum Gasteiger partial charge on any atom is 0.312 e. The minimum Gasteiger partial charge on any atom is -0.875 e. The van der Waals surface area contributed by atoms with Gasteiger partial charge < -0.3 is 15.3 Å². The van der Waals surface area contributed by atoms with Crippen LogP contribution in [0.1, 0.15) is 41.5 Å². The first kappa shape index (κ1) is 28.3. The lowest BCUT2D eigenvalue weighted by molar-refractivity contribution is -0.302. The monoisotopic (exact) mass is 327 g/mol. The zero-order valence-corrected chi connectivity index (χ0v) is 15.0. The molecule has 3 radical (unpaired) electrons. The van der Waals surface area contributed by atoms with Crippen LogP contribution in [0.25, 0.3) is 0 Å². The van der Waals surface area contributed by atoms with Crippen LogP contribution in [0.4, 0.5) is 0 Å². The lowest BCUT2D eigenvalue weighted by atomic mass is 10.4. The fraction of sp³-hybridized carbons (Fsp3) is 0.400. The average Bonchev–Trinajstić information content (AvgIpc) is 2.10. The van der Waals surface area contributed by atoms with Crippen molar-refractivity contribution in [1.29, 1.82) is 0 Å². The Labute approximate surface area is 142 Å². The molecule has 0 aromatic heterocycles. The molecule has 7 heteroatoms. The molecule has 0 saturated carbocycles. The summed E-state index contributed by atoms with van der Waals surface area (Å²) in [4.78, 5) is 25.1. The van der Waals surface area contributed by atoms with E-state index in [0.29, 0.717) is 0 Å². The van der Waals surface area contributed by atoms with E-state index in [1.807, 2.05) is 0 Å². The zero-order chi connectivity index (χ0) is 17.6. The highest BCUT2D eigenvalue weighted by molar-refractivity contribution is 5.89. The number of allylic oxidation sites excluding steroid dienone is 6. The van der Waals surface area contributed by atoms with Crippen molar-refractivity contribution in [2.75, 3.05) is 0 Å². The highest BCUT2D eigenvalue weighted by atomic mass is 27.0. The first-order valence-electron chi connectivity index (χ1n) is 6.02. The predicted octanol–water partition coefficient (Wildman–Crippen LogP) is -0.935. The smallest absolute Gasteiger partial charge is 0.312 e. The molecule has 0 saturated heterocycles. The van der Waals surface area contributed by atoms with E-state index in [-0.39, 0.29) is 52.0 Å². The SMILES string of the molecule is CC(=[OH+])/C=C(/C)[O-].CC(=[OH+])/C=C(\C)[O-].CC(=[OH+])/C=C(\C)[O-].[Al]. The van der Waals surface area contributed by atoms with E-state index in [2.05, 4.69) is 0 Å². The highest BCUT2D eigenvalue weighted by Gasteiger charge is 1.86. The van der Waals surface area contributed by atoms with Crippen LogP contribution in [-0.4, -0.2) is 49.1 Å². The van der Waals surface area contributed by atoms with E-state index in [4.69, 9.17) is 14.4 Å². The van der Waals surface area contributed by atoms with E-state index < -0.39 is 0 Å². The molecule has 0 fully saturated rings. The third kappa shape index (κ3) is 51.8. The van der Waals surface area contributed by atoms with Crippen molar-refractivity contribution >= 4 is 34.7 Å². The summed E-state index contributed by atoms with van der Waals surface area (Å²) in [6.45, 7) is 8.54. The van der Waals surface area contributed by atoms with Crippen LogP contribution in [0, 0.1) is 0 Å². The van der Waals surface area contributed by atoms with Crippen LogP contribution < -0.4 is 15.3 Å². The standard InChI is InChI=1S/3C5H8O2.Al/c3*1-4(6)3-5(2)7;/h3*3,6H,1-2H3;/b2*4-3+;4-3-;. The van der Waals surface area contributed by atoms with E-state index in [0.717, 1.165) is 0 Å². The van der Waals surface area contributed by atoms with Crippen LogP contribution in [0.2, 0.25) is 0 Å². The molecule has 0 amide bonds. The van der Waals surface area contributed by atoms with E-state index in [1.54, 1.807) is 0 Å². The van der Waals surface area contributed by atoms with Gasteiger partial charge in [-0.2, -0.15) is 0 Å². The van der Waals surface area contributed by atoms with Crippen molar-refractivity contribution < 1.29 is 29.7 Å². The molecule has 0 heterocycles. The summed E-state index contributed by atoms with van der Waals surface area (Å²) in [5.74, 6) is -0.187. The van der Waals surface area contributed by atoms with Crippen molar-refractivity contribution in [3.8, 4) is 0 Å². The van der Waals surface area contributed by atoms with Crippen molar-refractivity contribution in [2.24, 2.45) is 0 Å². The number of hydrogen-bond acceptors (Lipinski definition) is 3. The van der Waals surface area contributed by atoms with Gasteiger partial charge in [-0.1, -0.05) is 20.8 Å². The molecule has 0 unspecified atom stereocenters. The van der Waals surface area contributed by atoms with Gasteiger partial charge in [0.05, 0.1) is 20.8 Å². The molecule has 0 atom stereocenters. The fourth-order valence-corrected chi connectivity index (χ4v) is 0.882. The Morgan fingerprint density at radius 3 is 0.682 bits per heavy atom. The Morgan fingerprint density at radius 1 is 0.545 bits per heavy atom. The molecule has 0 aromatic rings. The van der Waals surface area contributed by atoms with Gasteiger partial charge in [0.25, 0.3) is 0 Å². The van der Waals surface area contributed by atoms with Crippen LogP contribution >= 0.6 is 0 Å². The summed E-state index contributed by atoms with van der Waals surface area (Å²) < 4.78 is 0. The van der Waals surface area contributed by atoms with Gasteiger partial charge >= 0.3 is 17.3 Å². The van der Waals surface area contributed by atoms with Gasteiger partial charge in [-0.05, 0) is 0 Å². The number of carbonyl (C=O) groups excluding carboxylic acids is 3. The largest absolute Gasteiger partial charge is 0.875 e. The lowest BCUT2D eigenvalue weighted by Crippen LogP contribution is -2.00. The maximum atomic E-state index is 10.0. The minimum atomic E-state index is -0.125. The molecule has 6 nitrogen and oxygen atoms in total. The summed E-state index contributed by atoms with van der Waals surface area (Å²) in [5, 5.41) is 30.1. The van der Waals surface area contributed by atoms with Crippen molar-refractivity contribution in [2.45, 2.75) is 41.5 Å². The van der Waals surface area contributed by atoms with Crippen LogP contribution in [0.5, 0.6) is 0 Å². The number of rotatable bonds is 3. The van der Waals surface area contributed by atoms with Crippen molar-refractivity contribution in [3.63, 3.8) is 0 Å². The van der Waals surface area contributed by atoms with Crippen molar-refractivity contribution in [3.05, 3.63) is 35.5 Å². The van der Waals surface area contributed by atoms with E-state index >= 15 is 0 Å². The maximum absolute atomic E-state index is 10.0. The molecular formula is C15H24AlO6. The zero-order valence-electron chi connectivity index (χ0n) is 13.9. The summed E-state index contributed by atoms with van der Waals surface area (Å²) in [6, 6.07) is 0. The first-order chi connectivity index (χ1) is 9.38. The van der Waals surface area contributed by atoms with E-state index in [1.165, 1.54) is 59.8 Å². The third-order valence-corrected chi connectivity index (χ3v) is 1.24. The Bertz CT molecular complexity index is 368. The quantitative estimate of drug-likeness (QED) is 0.287. The molecule has 0 bridgehead atoms. The molecule has 3 N–H and O–H groups in total. The molecule has 22 heavy (non-hydrogen) atoms. The normalized spacial score (nSPS) is 10.9. The second-order valence-corrected chi connectivity index (χ2v) is 4.19. The Morgan fingerprint density at radius 2 is 0.682 bits per heavy atom. The fourth-order valence-electron chi connectivity index (χ4n) is 0.882. The van der Waals surface area contributed by atoms with Gasteiger partial charge in [0, 0.05) is 35.6 Å². The van der Waals surface area contributed by atoms with E-state index in [9.17, 15) is 15.3 Å². The Kier molecular flexibility index (Phi) is 22.2. The molecule has 0 aliphatic carbocycles. The average molecular weight is 327 g/mol. The number of hydrogen-bond donors (Lipinski definition) is 0. The van der Waals surface area contributed by atoms with Crippen LogP contribution in [-0.2, 0) is 0 Å². The molecule has 0 aromatic carbocycles. The second-order valence-electron chi connectivity index (χ2n) is 4.19. The molecule has 0 aliphatic heterocycles. The van der Waals surface area contributed by atoms with Crippen LogP contribution in [0.15, 0.2) is 35.5 Å². The Hall–Kier alpha value is -1.84. The third-order valence-electron chi connectivity index (χ3n) is 1.24. The van der Waals surface area contributed by atoms with Gasteiger partial charge in [0.15, 0.2) is 0 Å². The van der Waals surface area contributed by atoms with Gasteiger partial charge in [-0.15, -0.1) is 17.3 Å². The summed E-state index contributed by atoms with van der Waals surface area (Å²) in [6.07, 6.45) is 3.50. The molecule has 0 spiro atoms. The summed E-state index contributed by atoms with van der Waals surface area (Å²) >= 11 is 0. The highest BCUT2D eigenvalue weighted by Crippen LogP contribution is 1.78. The summed E-state index contributed by atoms with van der Waals surface area (Å²) in [5.41, 5.74) is 0. The van der Waals surface area contributed by atoms with Crippen molar-refractivity contribution in [1.82, 2.24) is 0 Å². The summed E-state index contributed by atoms with van der Waals surface area (Å²) in [7, 11) is 0. The molecule has 123 valence electrons. The lowest BCUT2D eigenvalue weighted by Gasteiger charge is -1.96. The first-order valence-corrected chi connectivity index (χ1v) is 6.02. The predicted molar refractivity (Wildman–Crippen MR) is 84.9 cm³/mol. The van der Waals surface area contributed by atoms with Gasteiger partial charge in [0.1, 0.15) is 0 Å². The molecular weight excluding hydrogens is 303 g/mol. The van der Waals surface area contributed by atoms with Gasteiger partial charge in [-0.3, -0.25) is 14.4 Å². The molecule has 0 rings (SSSR count). The van der Waals surface area contributed by atoms with Crippen LogP contribution in [0.3, 0.4) is 0 Å². The minimum absolute atomic E-state index is 0. The Balaban J connectivity index is -0.000000108. The topological polar surface area (TPSA) is 133 Å².